The molecule has 2 rings (SSSR count). The van der Waals surface area contributed by atoms with Crippen LogP contribution in [0.1, 0.15) is 23.7 Å². The summed E-state index contributed by atoms with van der Waals surface area (Å²) >= 11 is 1.87. The van der Waals surface area contributed by atoms with E-state index in [0.717, 1.165) is 12.8 Å². The van der Waals surface area contributed by atoms with E-state index < -0.39 is 0 Å². The van der Waals surface area contributed by atoms with Crippen LogP contribution in [0, 0.1) is 0 Å². The number of hydrogen-bond acceptors (Lipinski definition) is 2. The van der Waals surface area contributed by atoms with E-state index in [4.69, 9.17) is 0 Å². The van der Waals surface area contributed by atoms with Crippen LogP contribution >= 0.6 is 11.8 Å². The van der Waals surface area contributed by atoms with Crippen molar-refractivity contribution in [2.45, 2.75) is 24.2 Å². The third kappa shape index (κ3) is 2.06. The maximum absolute atomic E-state index is 9.80. The van der Waals surface area contributed by atoms with Gasteiger partial charge in [0.25, 0.3) is 0 Å². The molecule has 0 spiro atoms. The van der Waals surface area contributed by atoms with Crippen LogP contribution in [-0.4, -0.2) is 17.0 Å². The molecule has 1 heterocycles. The van der Waals surface area contributed by atoms with Crippen LogP contribution in [0.25, 0.3) is 0 Å². The van der Waals surface area contributed by atoms with Gasteiger partial charge in [-0.05, 0) is 24.2 Å². The average Bonchev–Trinajstić information content (AvgIpc) is 2.20. The molecule has 1 aliphatic heterocycles. The minimum atomic E-state index is -0.152. The molecule has 70 valence electrons. The van der Waals surface area contributed by atoms with E-state index in [2.05, 4.69) is 12.1 Å². The Bertz CT molecular complexity index is 260. The van der Waals surface area contributed by atoms with Crippen molar-refractivity contribution in [3.63, 3.8) is 0 Å². The first-order valence-electron chi connectivity index (χ1n) is 4.72. The molecule has 0 aliphatic carbocycles. The second kappa shape index (κ2) is 4.16. The minimum Gasteiger partial charge on any atom is -0.392 e. The fraction of sp³-hybridized carbons (Fsp3) is 0.455. The molecule has 1 aliphatic rings. The van der Waals surface area contributed by atoms with Gasteiger partial charge in [-0.3, -0.25) is 0 Å². The van der Waals surface area contributed by atoms with Crippen molar-refractivity contribution in [3.8, 4) is 0 Å². The zero-order valence-electron chi connectivity index (χ0n) is 7.52. The van der Waals surface area contributed by atoms with Crippen LogP contribution in [0.2, 0.25) is 0 Å². The lowest BCUT2D eigenvalue weighted by Gasteiger charge is -2.27. The summed E-state index contributed by atoms with van der Waals surface area (Å²) in [5.74, 6) is 1.18. The Balaban J connectivity index is 2.15. The standard InChI is InChI=1S/C11H14OS/c12-10-7-4-8-13-11(10)9-5-2-1-3-6-9/h1-3,5-6,10-12H,4,7-8H2. The summed E-state index contributed by atoms with van der Waals surface area (Å²) in [5, 5.41) is 10.1. The summed E-state index contributed by atoms with van der Waals surface area (Å²) < 4.78 is 0. The molecule has 1 nitrogen and oxygen atoms in total. The predicted octanol–water partition coefficient (Wildman–Crippen LogP) is 2.62. The summed E-state index contributed by atoms with van der Waals surface area (Å²) in [6, 6.07) is 10.3. The highest BCUT2D eigenvalue weighted by Crippen LogP contribution is 2.38. The van der Waals surface area contributed by atoms with Gasteiger partial charge in [0, 0.05) is 0 Å². The SMILES string of the molecule is OC1CCCSC1c1ccccc1. The van der Waals surface area contributed by atoms with Crippen molar-refractivity contribution in [1.82, 2.24) is 0 Å². The lowest BCUT2D eigenvalue weighted by Crippen LogP contribution is -2.20. The van der Waals surface area contributed by atoms with Gasteiger partial charge < -0.3 is 5.11 Å². The van der Waals surface area contributed by atoms with Crippen LogP contribution in [-0.2, 0) is 0 Å². The first-order chi connectivity index (χ1) is 6.38. The van der Waals surface area contributed by atoms with E-state index in [1.54, 1.807) is 0 Å². The quantitative estimate of drug-likeness (QED) is 0.741. The summed E-state index contributed by atoms with van der Waals surface area (Å²) in [4.78, 5) is 0. The van der Waals surface area contributed by atoms with Crippen molar-refractivity contribution >= 4 is 11.8 Å². The van der Waals surface area contributed by atoms with Gasteiger partial charge in [0.15, 0.2) is 0 Å². The Morgan fingerprint density at radius 2 is 2.00 bits per heavy atom. The van der Waals surface area contributed by atoms with Gasteiger partial charge in [0.05, 0.1) is 11.4 Å². The second-order valence-electron chi connectivity index (χ2n) is 3.41. The van der Waals surface area contributed by atoms with Crippen LogP contribution in [0.4, 0.5) is 0 Å². The molecule has 0 saturated carbocycles. The molecule has 1 saturated heterocycles. The molecule has 0 radical (unpaired) electrons. The molecule has 2 unspecified atom stereocenters. The van der Waals surface area contributed by atoms with Gasteiger partial charge in [0.2, 0.25) is 0 Å². The normalized spacial score (nSPS) is 28.7. The average molecular weight is 194 g/mol. The Morgan fingerprint density at radius 3 is 2.69 bits per heavy atom. The van der Waals surface area contributed by atoms with E-state index in [1.165, 1.54) is 11.3 Å². The summed E-state index contributed by atoms with van der Waals surface area (Å²) in [7, 11) is 0. The Labute approximate surface area is 83.2 Å². The zero-order valence-corrected chi connectivity index (χ0v) is 8.33. The lowest BCUT2D eigenvalue weighted by molar-refractivity contribution is 0.157. The van der Waals surface area contributed by atoms with Crippen molar-refractivity contribution in [2.75, 3.05) is 5.75 Å². The fourth-order valence-corrected chi connectivity index (χ4v) is 3.02. The van der Waals surface area contributed by atoms with E-state index in [1.807, 2.05) is 30.0 Å². The summed E-state index contributed by atoms with van der Waals surface area (Å²) in [5.41, 5.74) is 1.26. The molecule has 1 N–H and O–H groups in total. The first-order valence-corrected chi connectivity index (χ1v) is 5.77. The van der Waals surface area contributed by atoms with Crippen LogP contribution in [0.5, 0.6) is 0 Å². The number of thioether (sulfide) groups is 1. The molecule has 1 fully saturated rings. The van der Waals surface area contributed by atoms with Crippen LogP contribution in [0.15, 0.2) is 30.3 Å². The van der Waals surface area contributed by atoms with Gasteiger partial charge in [-0.25, -0.2) is 0 Å². The highest BCUT2D eigenvalue weighted by Gasteiger charge is 2.24. The molecule has 13 heavy (non-hydrogen) atoms. The Morgan fingerprint density at radius 1 is 1.23 bits per heavy atom. The van der Waals surface area contributed by atoms with Crippen LogP contribution < -0.4 is 0 Å². The van der Waals surface area contributed by atoms with Gasteiger partial charge in [-0.2, -0.15) is 11.8 Å². The molecule has 0 amide bonds. The number of benzene rings is 1. The highest BCUT2D eigenvalue weighted by molar-refractivity contribution is 7.99. The topological polar surface area (TPSA) is 20.2 Å². The summed E-state index contributed by atoms with van der Waals surface area (Å²) in [6.45, 7) is 0. The molecule has 2 atom stereocenters. The van der Waals surface area contributed by atoms with Gasteiger partial charge >= 0.3 is 0 Å². The number of aliphatic hydroxyl groups excluding tert-OH is 1. The smallest absolute Gasteiger partial charge is 0.0699 e. The summed E-state index contributed by atoms with van der Waals surface area (Å²) in [6.07, 6.45) is 1.95. The molecule has 0 bridgehead atoms. The minimum absolute atomic E-state index is 0.152. The predicted molar refractivity (Wildman–Crippen MR) is 56.9 cm³/mol. The molecule has 1 aromatic rings. The molecular weight excluding hydrogens is 180 g/mol. The maximum Gasteiger partial charge on any atom is 0.0699 e. The van der Waals surface area contributed by atoms with Gasteiger partial charge in [0.1, 0.15) is 0 Å². The fourth-order valence-electron chi connectivity index (χ4n) is 1.73. The molecular formula is C11H14OS. The van der Waals surface area contributed by atoms with Crippen molar-refractivity contribution < 1.29 is 5.11 Å². The maximum atomic E-state index is 9.80. The Hall–Kier alpha value is -0.470. The Kier molecular flexibility index (Phi) is 2.91. The van der Waals surface area contributed by atoms with Gasteiger partial charge in [-0.15, -0.1) is 0 Å². The molecule has 1 aromatic carbocycles. The van der Waals surface area contributed by atoms with E-state index in [-0.39, 0.29) is 6.10 Å². The van der Waals surface area contributed by atoms with Crippen LogP contribution in [0.3, 0.4) is 0 Å². The second-order valence-corrected chi connectivity index (χ2v) is 4.66. The number of aliphatic hydroxyl groups is 1. The third-order valence-electron chi connectivity index (χ3n) is 2.42. The van der Waals surface area contributed by atoms with Crippen molar-refractivity contribution in [2.24, 2.45) is 0 Å². The highest BCUT2D eigenvalue weighted by atomic mass is 32.2. The van der Waals surface area contributed by atoms with Crippen molar-refractivity contribution in [1.29, 1.82) is 0 Å². The largest absolute Gasteiger partial charge is 0.392 e. The van der Waals surface area contributed by atoms with Gasteiger partial charge in [-0.1, -0.05) is 30.3 Å². The molecule has 0 aromatic heterocycles. The third-order valence-corrected chi connectivity index (χ3v) is 3.89. The number of rotatable bonds is 1. The van der Waals surface area contributed by atoms with E-state index >= 15 is 0 Å². The van der Waals surface area contributed by atoms with E-state index in [0.29, 0.717) is 5.25 Å². The number of hydrogen-bond donors (Lipinski definition) is 1. The molecule has 2 heteroatoms. The van der Waals surface area contributed by atoms with Crippen molar-refractivity contribution in [3.05, 3.63) is 35.9 Å². The first kappa shape index (κ1) is 9.10. The lowest BCUT2D eigenvalue weighted by atomic mass is 10.0. The monoisotopic (exact) mass is 194 g/mol. The zero-order chi connectivity index (χ0) is 9.10. The van der Waals surface area contributed by atoms with E-state index in [9.17, 15) is 5.11 Å².